The number of H-pyrrole nitrogens is 1. The van der Waals surface area contributed by atoms with Crippen LogP contribution in [0, 0.1) is 0 Å². The van der Waals surface area contributed by atoms with Crippen LogP contribution in [0.15, 0.2) is 42.5 Å². The lowest BCUT2D eigenvalue weighted by Crippen LogP contribution is -2.30. The Morgan fingerprint density at radius 1 is 1.14 bits per heavy atom. The van der Waals surface area contributed by atoms with Crippen LogP contribution in [0.1, 0.15) is 32.3 Å². The van der Waals surface area contributed by atoms with E-state index in [0.717, 1.165) is 21.9 Å². The van der Waals surface area contributed by atoms with E-state index in [1.807, 2.05) is 6.07 Å². The van der Waals surface area contributed by atoms with Crippen LogP contribution in [0.25, 0.3) is 21.7 Å². The average Bonchev–Trinajstić information content (AvgIpc) is 3.51. The molecule has 0 bridgehead atoms. The van der Waals surface area contributed by atoms with Gasteiger partial charge in [-0.3, -0.25) is 9.59 Å². The number of hydrogen-bond acceptors (Lipinski definition) is 6. The van der Waals surface area contributed by atoms with Crippen molar-refractivity contribution in [1.82, 2.24) is 10.3 Å². The van der Waals surface area contributed by atoms with Gasteiger partial charge in [0.05, 0.1) is 19.9 Å². The molecule has 3 aromatic carbocycles. The summed E-state index contributed by atoms with van der Waals surface area (Å²) in [6.45, 7) is 1.04. The smallest absolute Gasteiger partial charge is 0.274 e. The second-order valence-electron chi connectivity index (χ2n) is 8.88. The average molecular weight is 523 g/mol. The zero-order valence-corrected chi connectivity index (χ0v) is 21.2. The number of phenolic OH excluding ortho intramolecular Hbond substituents is 1. The predicted molar refractivity (Wildman–Crippen MR) is 144 cm³/mol. The number of amides is 2. The monoisotopic (exact) mass is 522 g/mol. The van der Waals surface area contributed by atoms with Crippen molar-refractivity contribution < 1.29 is 24.2 Å². The van der Waals surface area contributed by atoms with Gasteiger partial charge in [-0.2, -0.15) is 0 Å². The molecule has 2 heterocycles. The zero-order valence-electron chi connectivity index (χ0n) is 20.4. The van der Waals surface area contributed by atoms with Crippen LogP contribution in [0.2, 0.25) is 0 Å². The van der Waals surface area contributed by atoms with Gasteiger partial charge in [-0.15, -0.1) is 11.6 Å². The van der Waals surface area contributed by atoms with Gasteiger partial charge in [-0.25, -0.2) is 0 Å². The number of aromatic amines is 1. The number of phenols is 1. The number of carbonyl (C=O) groups is 2. The molecule has 0 spiro atoms. The van der Waals surface area contributed by atoms with Crippen molar-refractivity contribution in [2.24, 2.45) is 5.73 Å². The number of carbonyl (C=O) groups excluding carboxylic acids is 2. The Morgan fingerprint density at radius 3 is 2.59 bits per heavy atom. The molecule has 0 aliphatic carbocycles. The van der Waals surface area contributed by atoms with Crippen molar-refractivity contribution in [2.45, 2.75) is 5.92 Å². The van der Waals surface area contributed by atoms with Gasteiger partial charge in [0.1, 0.15) is 11.4 Å². The highest BCUT2D eigenvalue weighted by Gasteiger charge is 2.35. The molecule has 5 rings (SSSR count). The summed E-state index contributed by atoms with van der Waals surface area (Å²) in [6.07, 6.45) is 0. The fraction of sp³-hybridized carbons (Fsp3) is 0.259. The number of alkyl halides is 1. The first-order valence-corrected chi connectivity index (χ1v) is 12.3. The molecular formula is C27H27ClN4O5. The van der Waals surface area contributed by atoms with Crippen LogP contribution in [-0.4, -0.2) is 61.6 Å². The minimum absolute atomic E-state index is 0.0265. The Bertz CT molecular complexity index is 1490. The Kier molecular flexibility index (Phi) is 6.57. The van der Waals surface area contributed by atoms with Gasteiger partial charge in [0.2, 0.25) is 0 Å². The van der Waals surface area contributed by atoms with E-state index in [4.69, 9.17) is 26.8 Å². The van der Waals surface area contributed by atoms with E-state index in [9.17, 15) is 14.7 Å². The number of halogens is 1. The summed E-state index contributed by atoms with van der Waals surface area (Å²) in [5.41, 5.74) is 8.46. The first kappa shape index (κ1) is 24.7. The van der Waals surface area contributed by atoms with Crippen molar-refractivity contribution in [2.75, 3.05) is 44.6 Å². The summed E-state index contributed by atoms with van der Waals surface area (Å²) in [5.74, 6) is 0.707. The SMILES string of the molecule is COc1cc2cc(C(=O)N3CC(CCl)c4c3cc(O)c3cc(C(=O)NCCN)ccc43)[nH]c2cc1OC. The molecule has 0 fully saturated rings. The summed E-state index contributed by atoms with van der Waals surface area (Å²) in [7, 11) is 3.11. The van der Waals surface area contributed by atoms with E-state index in [1.165, 1.54) is 0 Å². The summed E-state index contributed by atoms with van der Waals surface area (Å²) in [6, 6.07) is 12.1. The maximum Gasteiger partial charge on any atom is 0.274 e. The molecule has 5 N–H and O–H groups in total. The van der Waals surface area contributed by atoms with Crippen LogP contribution in [0.4, 0.5) is 5.69 Å². The van der Waals surface area contributed by atoms with E-state index in [1.54, 1.807) is 55.5 Å². The molecule has 2 amide bonds. The van der Waals surface area contributed by atoms with Crippen molar-refractivity contribution >= 4 is 50.8 Å². The van der Waals surface area contributed by atoms with Crippen molar-refractivity contribution in [1.29, 1.82) is 0 Å². The number of aromatic hydroxyl groups is 1. The number of methoxy groups -OCH3 is 2. The van der Waals surface area contributed by atoms with Gasteiger partial charge in [0.15, 0.2) is 11.5 Å². The number of fused-ring (bicyclic) bond motifs is 4. The molecule has 192 valence electrons. The third-order valence-electron chi connectivity index (χ3n) is 6.72. The molecule has 1 atom stereocenters. The molecule has 9 nitrogen and oxygen atoms in total. The maximum absolute atomic E-state index is 13.7. The van der Waals surface area contributed by atoms with Gasteiger partial charge in [0.25, 0.3) is 11.8 Å². The fourth-order valence-electron chi connectivity index (χ4n) is 4.94. The Morgan fingerprint density at radius 2 is 1.89 bits per heavy atom. The molecule has 10 heteroatoms. The molecular weight excluding hydrogens is 496 g/mol. The van der Waals surface area contributed by atoms with E-state index >= 15 is 0 Å². The van der Waals surface area contributed by atoms with Crippen LogP contribution in [0.3, 0.4) is 0 Å². The normalized spacial score (nSPS) is 14.7. The Labute approximate surface area is 218 Å². The number of hydrogen-bond donors (Lipinski definition) is 4. The maximum atomic E-state index is 13.7. The van der Waals surface area contributed by atoms with E-state index in [2.05, 4.69) is 10.3 Å². The summed E-state index contributed by atoms with van der Waals surface area (Å²) >= 11 is 6.35. The first-order valence-electron chi connectivity index (χ1n) is 11.8. The number of aromatic nitrogens is 1. The molecule has 1 aliphatic heterocycles. The molecule has 0 radical (unpaired) electrons. The van der Waals surface area contributed by atoms with Crippen LogP contribution in [0.5, 0.6) is 17.2 Å². The predicted octanol–water partition coefficient (Wildman–Crippen LogP) is 3.72. The number of anilines is 1. The minimum Gasteiger partial charge on any atom is -0.507 e. The Hall–Kier alpha value is -3.95. The lowest BCUT2D eigenvalue weighted by atomic mass is 9.94. The lowest BCUT2D eigenvalue weighted by Gasteiger charge is -2.18. The molecule has 1 aromatic heterocycles. The molecule has 1 aliphatic rings. The van der Waals surface area contributed by atoms with E-state index in [0.29, 0.717) is 53.5 Å². The number of nitrogens with zero attached hydrogens (tertiary/aromatic N) is 1. The second kappa shape index (κ2) is 9.84. The highest BCUT2D eigenvalue weighted by atomic mass is 35.5. The summed E-state index contributed by atoms with van der Waals surface area (Å²) in [5, 5.41) is 15.7. The van der Waals surface area contributed by atoms with E-state index < -0.39 is 0 Å². The van der Waals surface area contributed by atoms with Gasteiger partial charge in [-0.1, -0.05) is 6.07 Å². The summed E-state index contributed by atoms with van der Waals surface area (Å²) in [4.78, 5) is 30.9. The van der Waals surface area contributed by atoms with Gasteiger partial charge in [0, 0.05) is 65.4 Å². The van der Waals surface area contributed by atoms with Crippen molar-refractivity contribution in [3.63, 3.8) is 0 Å². The van der Waals surface area contributed by atoms with Crippen molar-refractivity contribution in [3.8, 4) is 17.2 Å². The zero-order chi connectivity index (χ0) is 26.3. The van der Waals surface area contributed by atoms with Gasteiger partial charge in [-0.05, 0) is 35.2 Å². The number of nitrogens with one attached hydrogen (secondary N) is 2. The number of ether oxygens (including phenoxy) is 2. The van der Waals surface area contributed by atoms with E-state index in [-0.39, 0.29) is 29.4 Å². The minimum atomic E-state index is -0.273. The van der Waals surface area contributed by atoms with Crippen molar-refractivity contribution in [3.05, 3.63) is 59.3 Å². The van der Waals surface area contributed by atoms with Crippen LogP contribution >= 0.6 is 11.6 Å². The van der Waals surface area contributed by atoms with Crippen LogP contribution < -0.4 is 25.4 Å². The topological polar surface area (TPSA) is 130 Å². The third-order valence-corrected chi connectivity index (χ3v) is 7.09. The van der Waals surface area contributed by atoms with Gasteiger partial charge < -0.3 is 35.5 Å². The second-order valence-corrected chi connectivity index (χ2v) is 9.19. The molecule has 0 saturated heterocycles. The highest BCUT2D eigenvalue weighted by molar-refractivity contribution is 6.19. The number of rotatable bonds is 7. The standard InChI is InChI=1S/C27H27ClN4O5/c1-36-23-9-15-8-20(31-19(15)10-24(23)37-2)27(35)32-13-16(12-28)25-17-4-3-14(26(34)30-6-5-29)7-18(17)22(33)11-21(25)32/h3-4,7-11,16,31,33H,5-6,12-13,29H2,1-2H3,(H,30,34). The van der Waals surface area contributed by atoms with Gasteiger partial charge >= 0.3 is 0 Å². The quantitative estimate of drug-likeness (QED) is 0.274. The summed E-state index contributed by atoms with van der Waals surface area (Å²) < 4.78 is 10.8. The third kappa shape index (κ3) is 4.20. The molecule has 1 unspecified atom stereocenters. The molecule has 4 aromatic rings. The fourth-order valence-corrected chi connectivity index (χ4v) is 5.20. The van der Waals surface area contributed by atoms with Crippen LogP contribution in [-0.2, 0) is 0 Å². The lowest BCUT2D eigenvalue weighted by molar-refractivity contribution is 0.0953. The largest absolute Gasteiger partial charge is 0.507 e. The first-order chi connectivity index (χ1) is 17.9. The number of benzene rings is 3. The highest BCUT2D eigenvalue weighted by Crippen LogP contribution is 2.46. The number of nitrogens with two attached hydrogens (primary N) is 1. The molecule has 0 saturated carbocycles. The molecule has 37 heavy (non-hydrogen) atoms. The Balaban J connectivity index is 1.56.